The summed E-state index contributed by atoms with van der Waals surface area (Å²) in [6.45, 7) is 0. The fourth-order valence-electron chi connectivity index (χ4n) is 2.85. The molecule has 1 atom stereocenters. The van der Waals surface area contributed by atoms with E-state index in [0.29, 0.717) is 5.56 Å². The summed E-state index contributed by atoms with van der Waals surface area (Å²) >= 11 is 0. The molecular weight excluding hydrogens is 289 g/mol. The van der Waals surface area contributed by atoms with Crippen LogP contribution in [0.3, 0.4) is 0 Å². The maximum absolute atomic E-state index is 12.9. The number of aromatic hydroxyl groups is 1. The van der Waals surface area contributed by atoms with Crippen LogP contribution >= 0.6 is 7.60 Å². The zero-order chi connectivity index (χ0) is 15.3. The molecule has 1 aliphatic rings. The first-order valence-electron chi connectivity index (χ1n) is 7.36. The number of benzene rings is 1. The normalized spacial score (nSPS) is 18.6. The van der Waals surface area contributed by atoms with Crippen LogP contribution in [0.1, 0.15) is 43.5 Å². The van der Waals surface area contributed by atoms with Crippen molar-refractivity contribution in [2.75, 3.05) is 14.2 Å². The molecular formula is C15H24NO4P. The Hall–Kier alpha value is -0.870. The molecule has 0 heterocycles. The van der Waals surface area contributed by atoms with Gasteiger partial charge in [-0.3, -0.25) is 9.88 Å². The van der Waals surface area contributed by atoms with Gasteiger partial charge in [-0.1, -0.05) is 37.5 Å². The first kappa shape index (κ1) is 16.5. The van der Waals surface area contributed by atoms with E-state index in [1.54, 1.807) is 24.3 Å². The maximum atomic E-state index is 12.9. The van der Waals surface area contributed by atoms with Crippen molar-refractivity contribution >= 4 is 7.60 Å². The van der Waals surface area contributed by atoms with Gasteiger partial charge in [0.2, 0.25) is 0 Å². The van der Waals surface area contributed by atoms with Crippen LogP contribution in [0.4, 0.5) is 0 Å². The molecule has 1 aromatic rings. The van der Waals surface area contributed by atoms with Gasteiger partial charge in [0.05, 0.1) is 0 Å². The smallest absolute Gasteiger partial charge is 0.351 e. The summed E-state index contributed by atoms with van der Waals surface area (Å²) in [6, 6.07) is 7.14. The van der Waals surface area contributed by atoms with E-state index in [-0.39, 0.29) is 11.8 Å². The minimum Gasteiger partial charge on any atom is -0.508 e. The second kappa shape index (κ2) is 7.41. The van der Waals surface area contributed by atoms with E-state index in [1.807, 2.05) is 0 Å². The lowest BCUT2D eigenvalue weighted by Crippen LogP contribution is -2.35. The number of nitrogens with one attached hydrogen (secondary N) is 1. The third kappa shape index (κ3) is 3.86. The second-order valence-electron chi connectivity index (χ2n) is 5.37. The van der Waals surface area contributed by atoms with Crippen LogP contribution in [0.25, 0.3) is 0 Å². The Morgan fingerprint density at radius 3 is 2.38 bits per heavy atom. The molecule has 21 heavy (non-hydrogen) atoms. The SMILES string of the molecule is COP(=O)(OC)C(NC1CCCCC1)c1ccccc1O. The molecule has 2 rings (SSSR count). The predicted octanol–water partition coefficient (Wildman–Crippen LogP) is 3.80. The van der Waals surface area contributed by atoms with Crippen molar-refractivity contribution in [1.29, 1.82) is 0 Å². The van der Waals surface area contributed by atoms with E-state index in [1.165, 1.54) is 20.6 Å². The number of para-hydroxylation sites is 1. The van der Waals surface area contributed by atoms with E-state index in [0.717, 1.165) is 25.7 Å². The molecule has 0 spiro atoms. The molecule has 0 amide bonds. The van der Waals surface area contributed by atoms with Gasteiger partial charge in [0.25, 0.3) is 0 Å². The minimum absolute atomic E-state index is 0.0973. The Balaban J connectivity index is 2.30. The lowest BCUT2D eigenvalue weighted by atomic mass is 9.95. The first-order chi connectivity index (χ1) is 10.1. The third-order valence-corrected chi connectivity index (χ3v) is 6.13. The second-order valence-corrected chi connectivity index (χ2v) is 7.69. The van der Waals surface area contributed by atoms with Gasteiger partial charge >= 0.3 is 7.60 Å². The highest BCUT2D eigenvalue weighted by Gasteiger charge is 2.38. The maximum Gasteiger partial charge on any atom is 0.351 e. The molecule has 0 aliphatic heterocycles. The first-order valence-corrected chi connectivity index (χ1v) is 8.97. The van der Waals surface area contributed by atoms with E-state index in [9.17, 15) is 9.67 Å². The summed E-state index contributed by atoms with van der Waals surface area (Å²) in [5.74, 6) is -0.558. The lowest BCUT2D eigenvalue weighted by molar-refractivity contribution is 0.248. The van der Waals surface area contributed by atoms with Crippen LogP contribution in [0.2, 0.25) is 0 Å². The Bertz CT molecular complexity index is 494. The third-order valence-electron chi connectivity index (χ3n) is 4.06. The molecule has 2 N–H and O–H groups in total. The fraction of sp³-hybridized carbons (Fsp3) is 0.600. The summed E-state index contributed by atoms with van der Waals surface area (Å²) in [4.78, 5) is 0. The van der Waals surface area contributed by atoms with Gasteiger partial charge in [-0.2, -0.15) is 0 Å². The lowest BCUT2D eigenvalue weighted by Gasteiger charge is -2.32. The standard InChI is InChI=1S/C15H24NO4P/c1-19-21(18,20-2)15(13-10-6-7-11-14(13)17)16-12-8-4-3-5-9-12/h6-7,10-12,15-17H,3-5,8-9H2,1-2H3. The van der Waals surface area contributed by atoms with Gasteiger partial charge in [-0.15, -0.1) is 0 Å². The van der Waals surface area contributed by atoms with Crippen molar-refractivity contribution in [2.24, 2.45) is 0 Å². The Kier molecular flexibility index (Phi) is 5.82. The van der Waals surface area contributed by atoms with Crippen molar-refractivity contribution in [3.05, 3.63) is 29.8 Å². The molecule has 0 radical (unpaired) electrons. The summed E-state index contributed by atoms with van der Waals surface area (Å²) in [7, 11) is -0.628. The molecule has 0 bridgehead atoms. The minimum atomic E-state index is -3.38. The van der Waals surface area contributed by atoms with E-state index >= 15 is 0 Å². The number of hydrogen-bond acceptors (Lipinski definition) is 5. The number of phenolic OH excluding ortho intramolecular Hbond substituents is 1. The molecule has 1 saturated carbocycles. The molecule has 6 heteroatoms. The van der Waals surface area contributed by atoms with Gasteiger partial charge in [0.15, 0.2) is 0 Å². The van der Waals surface area contributed by atoms with Crippen LogP contribution in [0, 0.1) is 0 Å². The number of rotatable bonds is 6. The van der Waals surface area contributed by atoms with Crippen LogP contribution in [0.15, 0.2) is 24.3 Å². The molecule has 1 aliphatic carbocycles. The highest BCUT2D eigenvalue weighted by molar-refractivity contribution is 7.54. The summed E-state index contributed by atoms with van der Waals surface area (Å²) in [5, 5.41) is 13.5. The average Bonchev–Trinajstić information content (AvgIpc) is 2.54. The highest BCUT2D eigenvalue weighted by atomic mass is 31.2. The van der Waals surface area contributed by atoms with E-state index in [2.05, 4.69) is 5.32 Å². The fourth-order valence-corrected chi connectivity index (χ4v) is 4.37. The molecule has 1 fully saturated rings. The van der Waals surface area contributed by atoms with Gasteiger partial charge in [-0.05, 0) is 18.9 Å². The molecule has 5 nitrogen and oxygen atoms in total. The van der Waals surface area contributed by atoms with Crippen molar-refractivity contribution < 1.29 is 18.7 Å². The topological polar surface area (TPSA) is 67.8 Å². The van der Waals surface area contributed by atoms with Crippen molar-refractivity contribution in [1.82, 2.24) is 5.32 Å². The molecule has 1 unspecified atom stereocenters. The average molecular weight is 313 g/mol. The van der Waals surface area contributed by atoms with Crippen molar-refractivity contribution in [2.45, 2.75) is 43.9 Å². The van der Waals surface area contributed by atoms with E-state index in [4.69, 9.17) is 9.05 Å². The number of hydrogen-bond donors (Lipinski definition) is 2. The van der Waals surface area contributed by atoms with Crippen LogP contribution in [-0.2, 0) is 13.6 Å². The summed E-state index contributed by atoms with van der Waals surface area (Å²) < 4.78 is 23.2. The molecule has 1 aromatic carbocycles. The van der Waals surface area contributed by atoms with Crippen molar-refractivity contribution in [3.8, 4) is 5.75 Å². The predicted molar refractivity (Wildman–Crippen MR) is 82.5 cm³/mol. The zero-order valence-electron chi connectivity index (χ0n) is 12.6. The van der Waals surface area contributed by atoms with Gasteiger partial charge < -0.3 is 14.2 Å². The highest BCUT2D eigenvalue weighted by Crippen LogP contribution is 2.60. The monoisotopic (exact) mass is 313 g/mol. The quantitative estimate of drug-likeness (QED) is 0.782. The van der Waals surface area contributed by atoms with Crippen LogP contribution in [0.5, 0.6) is 5.75 Å². The van der Waals surface area contributed by atoms with E-state index < -0.39 is 13.4 Å². The molecule has 118 valence electrons. The van der Waals surface area contributed by atoms with Gasteiger partial charge in [0.1, 0.15) is 11.5 Å². The summed E-state index contributed by atoms with van der Waals surface area (Å²) in [6.07, 6.45) is 5.64. The number of phenols is 1. The largest absolute Gasteiger partial charge is 0.508 e. The zero-order valence-corrected chi connectivity index (χ0v) is 13.5. The Labute approximate surface area is 126 Å². The Morgan fingerprint density at radius 1 is 1.19 bits per heavy atom. The van der Waals surface area contributed by atoms with Gasteiger partial charge in [0, 0.05) is 25.8 Å². The Morgan fingerprint density at radius 2 is 1.81 bits per heavy atom. The molecule has 0 saturated heterocycles. The van der Waals surface area contributed by atoms with Crippen LogP contribution < -0.4 is 5.32 Å². The van der Waals surface area contributed by atoms with Gasteiger partial charge in [-0.25, -0.2) is 0 Å². The van der Waals surface area contributed by atoms with Crippen LogP contribution in [-0.4, -0.2) is 25.4 Å². The summed E-state index contributed by atoms with van der Waals surface area (Å²) in [5.41, 5.74) is 0.551. The molecule has 0 aromatic heterocycles. The van der Waals surface area contributed by atoms with Crippen molar-refractivity contribution in [3.63, 3.8) is 0 Å².